The topological polar surface area (TPSA) is 35.5 Å². The van der Waals surface area contributed by atoms with Gasteiger partial charge in [0.15, 0.2) is 0 Å². The van der Waals surface area contributed by atoms with Crippen LogP contribution in [0.4, 0.5) is 0 Å². The van der Waals surface area contributed by atoms with E-state index in [4.69, 9.17) is 9.47 Å². The van der Waals surface area contributed by atoms with Crippen molar-refractivity contribution in [1.82, 2.24) is 0 Å². The highest BCUT2D eigenvalue weighted by molar-refractivity contribution is 5.72. The maximum Gasteiger partial charge on any atom is 0.310 e. The SMILES string of the molecule is COc1ccc(CC(=O)OC(C)c2ccccc2)cc1. The number of rotatable bonds is 5. The van der Waals surface area contributed by atoms with Gasteiger partial charge in [0.05, 0.1) is 13.5 Å². The van der Waals surface area contributed by atoms with Crippen LogP contribution in [0.3, 0.4) is 0 Å². The number of esters is 1. The number of benzene rings is 2. The van der Waals surface area contributed by atoms with Crippen molar-refractivity contribution in [2.45, 2.75) is 19.4 Å². The Kier molecular flexibility index (Phi) is 4.77. The fourth-order valence-corrected chi connectivity index (χ4v) is 1.94. The first-order valence-electron chi connectivity index (χ1n) is 6.56. The zero-order valence-electron chi connectivity index (χ0n) is 11.7. The van der Waals surface area contributed by atoms with E-state index in [1.807, 2.05) is 61.5 Å². The highest BCUT2D eigenvalue weighted by Gasteiger charge is 2.11. The lowest BCUT2D eigenvalue weighted by Gasteiger charge is -2.13. The van der Waals surface area contributed by atoms with E-state index >= 15 is 0 Å². The second-order valence-electron chi connectivity index (χ2n) is 4.57. The zero-order valence-corrected chi connectivity index (χ0v) is 11.7. The van der Waals surface area contributed by atoms with Crippen molar-refractivity contribution < 1.29 is 14.3 Å². The fourth-order valence-electron chi connectivity index (χ4n) is 1.94. The summed E-state index contributed by atoms with van der Waals surface area (Å²) in [6, 6.07) is 17.1. The average Bonchev–Trinajstić information content (AvgIpc) is 2.49. The average molecular weight is 270 g/mol. The molecule has 20 heavy (non-hydrogen) atoms. The minimum Gasteiger partial charge on any atom is -0.497 e. The molecule has 0 N–H and O–H groups in total. The molecule has 0 aliphatic heterocycles. The summed E-state index contributed by atoms with van der Waals surface area (Å²) < 4.78 is 10.5. The van der Waals surface area contributed by atoms with Crippen molar-refractivity contribution in [2.24, 2.45) is 0 Å². The predicted octanol–water partition coefficient (Wildman–Crippen LogP) is 3.54. The summed E-state index contributed by atoms with van der Waals surface area (Å²) >= 11 is 0. The van der Waals surface area contributed by atoms with Gasteiger partial charge in [-0.1, -0.05) is 42.5 Å². The van der Waals surface area contributed by atoms with E-state index in [2.05, 4.69) is 0 Å². The van der Waals surface area contributed by atoms with Crippen molar-refractivity contribution >= 4 is 5.97 Å². The molecule has 0 spiro atoms. The van der Waals surface area contributed by atoms with Crippen molar-refractivity contribution in [3.63, 3.8) is 0 Å². The zero-order chi connectivity index (χ0) is 14.4. The number of carbonyl (C=O) groups is 1. The maximum atomic E-state index is 11.9. The first-order valence-corrected chi connectivity index (χ1v) is 6.56. The lowest BCUT2D eigenvalue weighted by atomic mass is 10.1. The fraction of sp³-hybridized carbons (Fsp3) is 0.235. The minimum absolute atomic E-state index is 0.230. The van der Waals surface area contributed by atoms with Gasteiger partial charge in [0.1, 0.15) is 11.9 Å². The number of ether oxygens (including phenoxy) is 2. The molecule has 0 bridgehead atoms. The molecule has 0 fully saturated rings. The van der Waals surface area contributed by atoms with Crippen LogP contribution in [-0.4, -0.2) is 13.1 Å². The Morgan fingerprint density at radius 2 is 1.70 bits per heavy atom. The van der Waals surface area contributed by atoms with Gasteiger partial charge >= 0.3 is 5.97 Å². The Hall–Kier alpha value is -2.29. The van der Waals surface area contributed by atoms with Crippen LogP contribution >= 0.6 is 0 Å². The van der Waals surface area contributed by atoms with Gasteiger partial charge in [-0.3, -0.25) is 4.79 Å². The van der Waals surface area contributed by atoms with Gasteiger partial charge < -0.3 is 9.47 Å². The highest BCUT2D eigenvalue weighted by Crippen LogP contribution is 2.17. The second-order valence-corrected chi connectivity index (χ2v) is 4.57. The van der Waals surface area contributed by atoms with Gasteiger partial charge in [0.25, 0.3) is 0 Å². The summed E-state index contributed by atoms with van der Waals surface area (Å²) in [6.45, 7) is 1.88. The summed E-state index contributed by atoms with van der Waals surface area (Å²) in [5.74, 6) is 0.547. The quantitative estimate of drug-likeness (QED) is 0.779. The number of carbonyl (C=O) groups excluding carboxylic acids is 1. The highest BCUT2D eigenvalue weighted by atomic mass is 16.5. The van der Waals surface area contributed by atoms with Crippen LogP contribution in [0, 0.1) is 0 Å². The number of hydrogen-bond donors (Lipinski definition) is 0. The molecule has 0 heterocycles. The first-order chi connectivity index (χ1) is 9.69. The maximum absolute atomic E-state index is 11.9. The van der Waals surface area contributed by atoms with Crippen LogP contribution < -0.4 is 4.74 Å². The normalized spacial score (nSPS) is 11.7. The van der Waals surface area contributed by atoms with Gasteiger partial charge in [0, 0.05) is 0 Å². The smallest absolute Gasteiger partial charge is 0.310 e. The summed E-state index contributed by atoms with van der Waals surface area (Å²) in [7, 11) is 1.62. The number of hydrogen-bond acceptors (Lipinski definition) is 3. The minimum atomic E-state index is -0.234. The van der Waals surface area contributed by atoms with E-state index < -0.39 is 0 Å². The van der Waals surface area contributed by atoms with Crippen LogP contribution in [0.5, 0.6) is 5.75 Å². The van der Waals surface area contributed by atoms with Gasteiger partial charge in [0.2, 0.25) is 0 Å². The standard InChI is InChI=1S/C17H18O3/c1-13(15-6-4-3-5-7-15)20-17(18)12-14-8-10-16(19-2)11-9-14/h3-11,13H,12H2,1-2H3. The third-order valence-corrected chi connectivity index (χ3v) is 3.08. The lowest BCUT2D eigenvalue weighted by Crippen LogP contribution is -2.11. The molecule has 1 atom stereocenters. The molecule has 3 heteroatoms. The molecule has 0 aromatic heterocycles. The van der Waals surface area contributed by atoms with E-state index in [1.165, 1.54) is 0 Å². The van der Waals surface area contributed by atoms with E-state index in [1.54, 1.807) is 7.11 Å². The molecule has 0 amide bonds. The van der Waals surface area contributed by atoms with E-state index in [0.29, 0.717) is 0 Å². The summed E-state index contributed by atoms with van der Waals surface area (Å²) in [6.07, 6.45) is 0.0307. The Balaban J connectivity index is 1.91. The third kappa shape index (κ3) is 3.85. The molecule has 0 saturated heterocycles. The second kappa shape index (κ2) is 6.75. The molecule has 2 aromatic rings. The van der Waals surface area contributed by atoms with Crippen molar-refractivity contribution in [3.05, 3.63) is 65.7 Å². The van der Waals surface area contributed by atoms with Gasteiger partial charge in [-0.25, -0.2) is 0 Å². The van der Waals surface area contributed by atoms with E-state index in [0.717, 1.165) is 16.9 Å². The summed E-state index contributed by atoms with van der Waals surface area (Å²) in [5.41, 5.74) is 1.91. The van der Waals surface area contributed by atoms with Gasteiger partial charge in [-0.05, 0) is 30.2 Å². The third-order valence-electron chi connectivity index (χ3n) is 3.08. The monoisotopic (exact) mass is 270 g/mol. The Labute approximate surface area is 119 Å². The first kappa shape index (κ1) is 14.1. The molecule has 0 aliphatic rings. The molecule has 3 nitrogen and oxygen atoms in total. The Morgan fingerprint density at radius 1 is 1.05 bits per heavy atom. The van der Waals surface area contributed by atoms with Crippen molar-refractivity contribution in [2.75, 3.05) is 7.11 Å². The molecule has 1 unspecified atom stereocenters. The molecule has 2 rings (SSSR count). The summed E-state index contributed by atoms with van der Waals surface area (Å²) in [5, 5.41) is 0. The molecular weight excluding hydrogens is 252 g/mol. The van der Waals surface area contributed by atoms with Crippen molar-refractivity contribution in [1.29, 1.82) is 0 Å². The molecule has 0 aliphatic carbocycles. The van der Waals surface area contributed by atoms with Gasteiger partial charge in [-0.2, -0.15) is 0 Å². The number of methoxy groups -OCH3 is 1. The molecule has 0 radical (unpaired) electrons. The molecule has 0 saturated carbocycles. The van der Waals surface area contributed by atoms with Crippen LogP contribution in [-0.2, 0) is 16.0 Å². The Bertz CT molecular complexity index is 546. The van der Waals surface area contributed by atoms with Crippen molar-refractivity contribution in [3.8, 4) is 5.75 Å². The van der Waals surface area contributed by atoms with E-state index in [-0.39, 0.29) is 18.5 Å². The predicted molar refractivity (Wildman–Crippen MR) is 77.6 cm³/mol. The van der Waals surface area contributed by atoms with Crippen LogP contribution in [0.25, 0.3) is 0 Å². The molecular formula is C17H18O3. The Morgan fingerprint density at radius 3 is 2.30 bits per heavy atom. The molecule has 2 aromatic carbocycles. The lowest BCUT2D eigenvalue weighted by molar-refractivity contribution is -0.147. The van der Waals surface area contributed by atoms with Gasteiger partial charge in [-0.15, -0.1) is 0 Å². The summed E-state index contributed by atoms with van der Waals surface area (Å²) in [4.78, 5) is 11.9. The molecule has 104 valence electrons. The largest absolute Gasteiger partial charge is 0.497 e. The van der Waals surface area contributed by atoms with Crippen LogP contribution in [0.1, 0.15) is 24.2 Å². The van der Waals surface area contributed by atoms with Crippen LogP contribution in [0.15, 0.2) is 54.6 Å². The van der Waals surface area contributed by atoms with E-state index in [9.17, 15) is 4.79 Å². The van der Waals surface area contributed by atoms with Crippen LogP contribution in [0.2, 0.25) is 0 Å².